The first-order valence-corrected chi connectivity index (χ1v) is 6.45. The van der Waals surface area contributed by atoms with Crippen molar-refractivity contribution >= 4 is 17.6 Å². The highest BCUT2D eigenvalue weighted by Crippen LogP contribution is 2.44. The van der Waals surface area contributed by atoms with Crippen LogP contribution in [0, 0.1) is 0 Å². The van der Waals surface area contributed by atoms with E-state index in [9.17, 15) is 0 Å². The number of aliphatic imine (C=N–C) groups is 1. The summed E-state index contributed by atoms with van der Waals surface area (Å²) in [4.78, 5) is 6.71. The maximum absolute atomic E-state index is 5.98. The molecule has 2 aliphatic rings. The average Bonchev–Trinajstić information content (AvgIpc) is 2.94. The predicted molar refractivity (Wildman–Crippen MR) is 70.4 cm³/mol. The van der Waals surface area contributed by atoms with Gasteiger partial charge in [0.2, 0.25) is 0 Å². The van der Waals surface area contributed by atoms with Crippen LogP contribution in [-0.4, -0.2) is 30.0 Å². The molecule has 1 saturated carbocycles. The van der Waals surface area contributed by atoms with E-state index in [1.165, 1.54) is 12.0 Å². The van der Waals surface area contributed by atoms with Crippen molar-refractivity contribution < 1.29 is 0 Å². The maximum atomic E-state index is 5.98. The first-order valence-electron chi connectivity index (χ1n) is 6.08. The van der Waals surface area contributed by atoms with Crippen molar-refractivity contribution in [3.63, 3.8) is 0 Å². The Balaban J connectivity index is 1.66. The quantitative estimate of drug-likeness (QED) is 0.645. The Bertz CT molecular complexity index is 454. The number of rotatable bonds is 2. The fourth-order valence-corrected chi connectivity index (χ4v) is 2.42. The van der Waals surface area contributed by atoms with Crippen molar-refractivity contribution in [3.8, 4) is 0 Å². The van der Waals surface area contributed by atoms with Gasteiger partial charge in [0.1, 0.15) is 0 Å². The fourth-order valence-electron chi connectivity index (χ4n) is 2.22. The molecule has 1 aromatic rings. The van der Waals surface area contributed by atoms with Crippen molar-refractivity contribution in [3.05, 3.63) is 34.9 Å². The van der Waals surface area contributed by atoms with Gasteiger partial charge in [0.05, 0.1) is 6.04 Å². The van der Waals surface area contributed by atoms with Gasteiger partial charge in [0.15, 0.2) is 5.96 Å². The monoisotopic (exact) mass is 249 g/mol. The van der Waals surface area contributed by atoms with Crippen LogP contribution in [0.4, 0.5) is 0 Å². The molecule has 1 saturated heterocycles. The second-order valence-electron chi connectivity index (χ2n) is 4.79. The minimum absolute atomic E-state index is 0.356. The zero-order chi connectivity index (χ0) is 11.8. The molecule has 1 aromatic carbocycles. The largest absolute Gasteiger partial charge is 0.370 e. The number of nitrogens with zero attached hydrogens (tertiary/aromatic N) is 2. The second-order valence-corrected chi connectivity index (χ2v) is 5.23. The standard InChI is InChI=1S/C13H16ClN3/c14-10-4-1-3-9(7-10)11-8-12(11)16-13(15)17-5-2-6-17/h1,3-4,7,11-12H,2,5-6,8H2,(H2,15,16)/t11-,12+/m0/s1. The smallest absolute Gasteiger partial charge is 0.191 e. The van der Waals surface area contributed by atoms with Gasteiger partial charge in [-0.1, -0.05) is 23.7 Å². The Morgan fingerprint density at radius 1 is 1.41 bits per heavy atom. The first kappa shape index (κ1) is 10.9. The molecule has 4 heteroatoms. The van der Waals surface area contributed by atoms with E-state index in [-0.39, 0.29) is 0 Å². The third-order valence-electron chi connectivity index (χ3n) is 3.51. The van der Waals surface area contributed by atoms with Crippen LogP contribution < -0.4 is 5.73 Å². The van der Waals surface area contributed by atoms with Gasteiger partial charge >= 0.3 is 0 Å². The lowest BCUT2D eigenvalue weighted by Crippen LogP contribution is -2.46. The summed E-state index contributed by atoms with van der Waals surface area (Å²) in [6, 6.07) is 8.40. The Morgan fingerprint density at radius 2 is 2.24 bits per heavy atom. The minimum Gasteiger partial charge on any atom is -0.370 e. The van der Waals surface area contributed by atoms with Crippen molar-refractivity contribution in [1.29, 1.82) is 0 Å². The number of hydrogen-bond acceptors (Lipinski definition) is 1. The van der Waals surface area contributed by atoms with Gasteiger partial charge < -0.3 is 10.6 Å². The zero-order valence-electron chi connectivity index (χ0n) is 9.64. The summed E-state index contributed by atoms with van der Waals surface area (Å²) >= 11 is 5.98. The minimum atomic E-state index is 0.356. The van der Waals surface area contributed by atoms with E-state index in [2.05, 4.69) is 16.0 Å². The average molecular weight is 250 g/mol. The fraction of sp³-hybridized carbons (Fsp3) is 0.462. The van der Waals surface area contributed by atoms with Gasteiger partial charge in [-0.05, 0) is 30.5 Å². The molecular formula is C13H16ClN3. The number of nitrogens with two attached hydrogens (primary N) is 1. The molecule has 1 heterocycles. The molecule has 90 valence electrons. The van der Waals surface area contributed by atoms with Crippen LogP contribution in [0.3, 0.4) is 0 Å². The molecule has 0 aromatic heterocycles. The SMILES string of the molecule is NC(=N[C@@H]1C[C@H]1c1cccc(Cl)c1)N1CCC1. The number of guanidine groups is 1. The van der Waals surface area contributed by atoms with Gasteiger partial charge in [-0.25, -0.2) is 4.99 Å². The van der Waals surface area contributed by atoms with Crippen molar-refractivity contribution in [2.24, 2.45) is 10.7 Å². The van der Waals surface area contributed by atoms with E-state index >= 15 is 0 Å². The molecule has 1 aliphatic carbocycles. The van der Waals surface area contributed by atoms with Crippen LogP contribution in [0.5, 0.6) is 0 Å². The maximum Gasteiger partial charge on any atom is 0.191 e. The highest BCUT2D eigenvalue weighted by atomic mass is 35.5. The molecule has 2 N–H and O–H groups in total. The summed E-state index contributed by atoms with van der Waals surface area (Å²) in [5.74, 6) is 1.22. The van der Waals surface area contributed by atoms with Crippen LogP contribution in [0.15, 0.2) is 29.3 Å². The van der Waals surface area contributed by atoms with E-state index in [0.717, 1.165) is 24.5 Å². The molecule has 0 spiro atoms. The Morgan fingerprint density at radius 3 is 2.88 bits per heavy atom. The second kappa shape index (κ2) is 4.22. The third kappa shape index (κ3) is 2.25. The Hall–Kier alpha value is -1.22. The highest BCUT2D eigenvalue weighted by Gasteiger charge is 2.39. The van der Waals surface area contributed by atoms with E-state index < -0.39 is 0 Å². The summed E-state index contributed by atoms with van der Waals surface area (Å²) in [5.41, 5.74) is 7.22. The summed E-state index contributed by atoms with van der Waals surface area (Å²) in [5, 5.41) is 0.799. The van der Waals surface area contributed by atoms with Gasteiger partial charge in [0.25, 0.3) is 0 Å². The van der Waals surface area contributed by atoms with Crippen LogP contribution in [-0.2, 0) is 0 Å². The van der Waals surface area contributed by atoms with Crippen LogP contribution in [0.25, 0.3) is 0 Å². The normalized spacial score (nSPS) is 27.8. The van der Waals surface area contributed by atoms with Crippen molar-refractivity contribution in [2.75, 3.05) is 13.1 Å². The van der Waals surface area contributed by atoms with Gasteiger partial charge in [-0.3, -0.25) is 0 Å². The van der Waals surface area contributed by atoms with Crippen LogP contribution >= 0.6 is 11.6 Å². The van der Waals surface area contributed by atoms with Crippen molar-refractivity contribution in [2.45, 2.75) is 24.8 Å². The van der Waals surface area contributed by atoms with E-state index in [0.29, 0.717) is 17.9 Å². The van der Waals surface area contributed by atoms with Crippen LogP contribution in [0.2, 0.25) is 5.02 Å². The van der Waals surface area contributed by atoms with Gasteiger partial charge in [-0.2, -0.15) is 0 Å². The zero-order valence-corrected chi connectivity index (χ0v) is 10.4. The third-order valence-corrected chi connectivity index (χ3v) is 3.75. The molecule has 3 rings (SSSR count). The summed E-state index contributed by atoms with van der Waals surface area (Å²) in [7, 11) is 0. The first-order chi connectivity index (χ1) is 8.24. The molecule has 1 aliphatic heterocycles. The lowest BCUT2D eigenvalue weighted by molar-refractivity contribution is 0.295. The Kier molecular flexibility index (Phi) is 2.71. The number of halogens is 1. The van der Waals surface area contributed by atoms with Gasteiger partial charge in [0, 0.05) is 24.0 Å². The lowest BCUT2D eigenvalue weighted by Gasteiger charge is -2.31. The van der Waals surface area contributed by atoms with Gasteiger partial charge in [-0.15, -0.1) is 0 Å². The molecule has 17 heavy (non-hydrogen) atoms. The summed E-state index contributed by atoms with van der Waals surface area (Å²) in [6.07, 6.45) is 2.33. The topological polar surface area (TPSA) is 41.6 Å². The lowest BCUT2D eigenvalue weighted by atomic mass is 10.1. The van der Waals surface area contributed by atoms with E-state index in [1.54, 1.807) is 0 Å². The van der Waals surface area contributed by atoms with E-state index in [1.807, 2.05) is 18.2 Å². The molecule has 2 fully saturated rings. The Labute approximate surface area is 106 Å². The number of hydrogen-bond donors (Lipinski definition) is 1. The molecular weight excluding hydrogens is 234 g/mol. The van der Waals surface area contributed by atoms with E-state index in [4.69, 9.17) is 17.3 Å². The summed E-state index contributed by atoms with van der Waals surface area (Å²) < 4.78 is 0. The number of likely N-dealkylation sites (tertiary alicyclic amines) is 1. The van der Waals surface area contributed by atoms with Crippen LogP contribution in [0.1, 0.15) is 24.3 Å². The molecule has 3 nitrogen and oxygen atoms in total. The number of benzene rings is 1. The predicted octanol–water partition coefficient (Wildman–Crippen LogP) is 2.22. The van der Waals surface area contributed by atoms with Crippen molar-refractivity contribution in [1.82, 2.24) is 4.90 Å². The molecule has 2 atom stereocenters. The molecule has 0 radical (unpaired) electrons. The molecule has 0 amide bonds. The summed E-state index contributed by atoms with van der Waals surface area (Å²) in [6.45, 7) is 2.12. The molecule has 0 unspecified atom stereocenters. The molecule has 0 bridgehead atoms. The highest BCUT2D eigenvalue weighted by molar-refractivity contribution is 6.30.